The second-order valence-electron chi connectivity index (χ2n) is 5.50. The van der Waals surface area contributed by atoms with Crippen molar-refractivity contribution in [3.8, 4) is 0 Å². The molecular formula is C16H26N2O. The fraction of sp³-hybridized carbons (Fsp3) is 0.625. The Morgan fingerprint density at radius 1 is 1.11 bits per heavy atom. The quantitative estimate of drug-likeness (QED) is 0.826. The molecule has 19 heavy (non-hydrogen) atoms. The molecule has 0 unspecified atom stereocenters. The molecule has 0 spiro atoms. The Morgan fingerprint density at radius 2 is 1.68 bits per heavy atom. The van der Waals surface area contributed by atoms with Gasteiger partial charge in [-0.25, -0.2) is 0 Å². The van der Waals surface area contributed by atoms with Gasteiger partial charge in [0.05, 0.1) is 5.60 Å². The molecule has 0 amide bonds. The summed E-state index contributed by atoms with van der Waals surface area (Å²) in [6, 6.07) is 8.50. The van der Waals surface area contributed by atoms with E-state index in [9.17, 15) is 5.11 Å². The van der Waals surface area contributed by atoms with Gasteiger partial charge >= 0.3 is 0 Å². The van der Waals surface area contributed by atoms with Gasteiger partial charge in [0.2, 0.25) is 0 Å². The zero-order valence-electron chi connectivity index (χ0n) is 12.2. The summed E-state index contributed by atoms with van der Waals surface area (Å²) in [5.74, 6) is 0. The van der Waals surface area contributed by atoms with Crippen LogP contribution in [0.4, 0.5) is 11.4 Å². The van der Waals surface area contributed by atoms with Gasteiger partial charge in [-0.1, -0.05) is 12.8 Å². The Kier molecular flexibility index (Phi) is 4.70. The highest BCUT2D eigenvalue weighted by atomic mass is 16.3. The maximum absolute atomic E-state index is 10.3. The van der Waals surface area contributed by atoms with Gasteiger partial charge in [-0.3, -0.25) is 0 Å². The van der Waals surface area contributed by atoms with Gasteiger partial charge in [0.1, 0.15) is 0 Å². The first-order chi connectivity index (χ1) is 9.17. The topological polar surface area (TPSA) is 35.5 Å². The predicted octanol–water partition coefficient (Wildman–Crippen LogP) is 3.25. The van der Waals surface area contributed by atoms with E-state index in [1.165, 1.54) is 5.69 Å². The van der Waals surface area contributed by atoms with Crippen LogP contribution in [0.2, 0.25) is 0 Å². The molecule has 1 aliphatic carbocycles. The third-order valence-corrected chi connectivity index (χ3v) is 4.15. The predicted molar refractivity (Wildman–Crippen MR) is 81.9 cm³/mol. The van der Waals surface area contributed by atoms with Crippen LogP contribution < -0.4 is 10.2 Å². The SMILES string of the molecule is CCN(CC)c1ccc(NCC2(O)CCCC2)cc1. The molecule has 0 bridgehead atoms. The second kappa shape index (κ2) is 6.29. The molecule has 3 nitrogen and oxygen atoms in total. The monoisotopic (exact) mass is 262 g/mol. The summed E-state index contributed by atoms with van der Waals surface area (Å²) < 4.78 is 0. The highest BCUT2D eigenvalue weighted by Gasteiger charge is 2.30. The Labute approximate surface area is 116 Å². The first-order valence-corrected chi connectivity index (χ1v) is 7.48. The molecule has 0 saturated heterocycles. The van der Waals surface area contributed by atoms with Gasteiger partial charge in [0.15, 0.2) is 0 Å². The van der Waals surface area contributed by atoms with Gasteiger partial charge in [-0.2, -0.15) is 0 Å². The molecule has 2 rings (SSSR count). The molecule has 1 aliphatic rings. The van der Waals surface area contributed by atoms with E-state index in [1.54, 1.807) is 0 Å². The fourth-order valence-electron chi connectivity index (χ4n) is 2.86. The standard InChI is InChI=1S/C16H26N2O/c1-3-18(4-2)15-9-7-14(8-10-15)17-13-16(19)11-5-6-12-16/h7-10,17,19H,3-6,11-13H2,1-2H3. The van der Waals surface area contributed by atoms with Gasteiger partial charge in [-0.15, -0.1) is 0 Å². The van der Waals surface area contributed by atoms with Crippen LogP contribution in [0.25, 0.3) is 0 Å². The minimum Gasteiger partial charge on any atom is -0.388 e. The van der Waals surface area contributed by atoms with Gasteiger partial charge in [-0.05, 0) is 51.0 Å². The number of hydrogen-bond acceptors (Lipinski definition) is 3. The normalized spacial score (nSPS) is 17.4. The largest absolute Gasteiger partial charge is 0.388 e. The van der Waals surface area contributed by atoms with Crippen LogP contribution in [-0.2, 0) is 0 Å². The van der Waals surface area contributed by atoms with E-state index in [1.807, 2.05) is 0 Å². The van der Waals surface area contributed by atoms with Crippen molar-refractivity contribution in [2.24, 2.45) is 0 Å². The van der Waals surface area contributed by atoms with Crippen LogP contribution >= 0.6 is 0 Å². The summed E-state index contributed by atoms with van der Waals surface area (Å²) in [7, 11) is 0. The molecule has 1 fully saturated rings. The fourth-order valence-corrected chi connectivity index (χ4v) is 2.86. The maximum atomic E-state index is 10.3. The molecule has 106 valence electrons. The molecule has 1 aromatic carbocycles. The van der Waals surface area contributed by atoms with E-state index in [4.69, 9.17) is 0 Å². The van der Waals surface area contributed by atoms with E-state index in [0.29, 0.717) is 6.54 Å². The van der Waals surface area contributed by atoms with Crippen LogP contribution in [0.3, 0.4) is 0 Å². The van der Waals surface area contributed by atoms with Gasteiger partial charge < -0.3 is 15.3 Å². The van der Waals surface area contributed by atoms with Crippen molar-refractivity contribution in [3.05, 3.63) is 24.3 Å². The molecular weight excluding hydrogens is 236 g/mol. The lowest BCUT2D eigenvalue weighted by atomic mass is 10.0. The zero-order valence-corrected chi connectivity index (χ0v) is 12.2. The van der Waals surface area contributed by atoms with Crippen LogP contribution in [0.1, 0.15) is 39.5 Å². The summed E-state index contributed by atoms with van der Waals surface area (Å²) in [5.41, 5.74) is 1.86. The van der Waals surface area contributed by atoms with Gasteiger partial charge in [0.25, 0.3) is 0 Å². The second-order valence-corrected chi connectivity index (χ2v) is 5.50. The number of nitrogens with one attached hydrogen (secondary N) is 1. The number of hydrogen-bond donors (Lipinski definition) is 2. The summed E-state index contributed by atoms with van der Waals surface area (Å²) in [5, 5.41) is 13.7. The summed E-state index contributed by atoms with van der Waals surface area (Å²) in [4.78, 5) is 2.33. The highest BCUT2D eigenvalue weighted by molar-refractivity contribution is 5.55. The Hall–Kier alpha value is -1.22. The van der Waals surface area contributed by atoms with E-state index in [2.05, 4.69) is 48.3 Å². The highest BCUT2D eigenvalue weighted by Crippen LogP contribution is 2.29. The molecule has 0 atom stereocenters. The molecule has 1 saturated carbocycles. The van der Waals surface area contributed by atoms with Crippen LogP contribution in [0, 0.1) is 0 Å². The summed E-state index contributed by atoms with van der Waals surface area (Å²) in [6.07, 6.45) is 4.16. The lowest BCUT2D eigenvalue weighted by Crippen LogP contribution is -2.33. The minimum absolute atomic E-state index is 0.489. The Bertz CT molecular complexity index is 378. The van der Waals surface area contributed by atoms with Crippen molar-refractivity contribution in [2.75, 3.05) is 29.9 Å². The van der Waals surface area contributed by atoms with Crippen LogP contribution in [0.5, 0.6) is 0 Å². The summed E-state index contributed by atoms with van der Waals surface area (Å²) in [6.45, 7) is 7.07. The van der Waals surface area contributed by atoms with E-state index < -0.39 is 5.60 Å². The van der Waals surface area contributed by atoms with Crippen molar-refractivity contribution in [3.63, 3.8) is 0 Å². The molecule has 1 aromatic rings. The third-order valence-electron chi connectivity index (χ3n) is 4.15. The third kappa shape index (κ3) is 3.63. The van der Waals surface area contributed by atoms with Crippen LogP contribution in [-0.4, -0.2) is 30.3 Å². The van der Waals surface area contributed by atoms with E-state index in [-0.39, 0.29) is 0 Å². The number of rotatable bonds is 6. The Morgan fingerprint density at radius 3 is 2.21 bits per heavy atom. The lowest BCUT2D eigenvalue weighted by molar-refractivity contribution is 0.0615. The first-order valence-electron chi connectivity index (χ1n) is 7.48. The molecule has 3 heteroatoms. The van der Waals surface area contributed by atoms with E-state index in [0.717, 1.165) is 44.5 Å². The van der Waals surface area contributed by atoms with Crippen molar-refractivity contribution >= 4 is 11.4 Å². The molecule has 0 aliphatic heterocycles. The molecule has 2 N–H and O–H groups in total. The average molecular weight is 262 g/mol. The molecule has 0 radical (unpaired) electrons. The lowest BCUT2D eigenvalue weighted by Gasteiger charge is -2.24. The summed E-state index contributed by atoms with van der Waals surface area (Å²) >= 11 is 0. The number of nitrogens with zero attached hydrogens (tertiary/aromatic N) is 1. The van der Waals surface area contributed by atoms with Crippen molar-refractivity contribution in [2.45, 2.75) is 45.1 Å². The molecule has 0 heterocycles. The number of anilines is 2. The minimum atomic E-state index is -0.489. The number of aliphatic hydroxyl groups is 1. The smallest absolute Gasteiger partial charge is 0.0819 e. The average Bonchev–Trinajstić information content (AvgIpc) is 2.87. The first kappa shape index (κ1) is 14.2. The zero-order chi connectivity index (χ0) is 13.7. The van der Waals surface area contributed by atoms with Crippen molar-refractivity contribution < 1.29 is 5.11 Å². The maximum Gasteiger partial charge on any atom is 0.0819 e. The van der Waals surface area contributed by atoms with Crippen molar-refractivity contribution in [1.29, 1.82) is 0 Å². The van der Waals surface area contributed by atoms with E-state index >= 15 is 0 Å². The van der Waals surface area contributed by atoms with Crippen molar-refractivity contribution in [1.82, 2.24) is 0 Å². The van der Waals surface area contributed by atoms with Crippen LogP contribution in [0.15, 0.2) is 24.3 Å². The Balaban J connectivity index is 1.91. The van der Waals surface area contributed by atoms with Gasteiger partial charge in [0, 0.05) is 31.0 Å². The molecule has 0 aromatic heterocycles. The number of benzene rings is 1.